The molecule has 27 heavy (non-hydrogen) atoms. The van der Waals surface area contributed by atoms with Gasteiger partial charge in [-0.1, -0.05) is 30.3 Å². The Labute approximate surface area is 158 Å². The maximum absolute atomic E-state index is 12.7. The fourth-order valence-electron chi connectivity index (χ4n) is 3.92. The molecule has 0 aliphatic heterocycles. The zero-order valence-corrected chi connectivity index (χ0v) is 15.2. The van der Waals surface area contributed by atoms with Crippen molar-refractivity contribution in [1.29, 1.82) is 0 Å². The lowest BCUT2D eigenvalue weighted by atomic mass is 9.90. The number of aromatic nitrogens is 3. The maximum Gasteiger partial charge on any atom is 0.221 e. The van der Waals surface area contributed by atoms with Crippen LogP contribution < -0.4 is 5.32 Å². The van der Waals surface area contributed by atoms with Gasteiger partial charge >= 0.3 is 0 Å². The molecular weight excluding hydrogens is 340 g/mol. The maximum atomic E-state index is 12.7. The number of amides is 1. The van der Waals surface area contributed by atoms with Crippen LogP contribution >= 0.6 is 0 Å². The van der Waals surface area contributed by atoms with Crippen LogP contribution in [0.2, 0.25) is 0 Å². The van der Waals surface area contributed by atoms with Crippen LogP contribution in [0.15, 0.2) is 65.8 Å². The summed E-state index contributed by atoms with van der Waals surface area (Å²) in [5, 5.41) is 7.46. The Kier molecular flexibility index (Phi) is 5.32. The first kappa shape index (κ1) is 17.5. The largest absolute Gasteiger partial charge is 0.469 e. The van der Waals surface area contributed by atoms with Crippen molar-refractivity contribution in [1.82, 2.24) is 20.1 Å². The predicted molar refractivity (Wildman–Crippen MR) is 101 cm³/mol. The zero-order valence-electron chi connectivity index (χ0n) is 15.2. The van der Waals surface area contributed by atoms with Gasteiger partial charge in [0.05, 0.1) is 18.2 Å². The van der Waals surface area contributed by atoms with E-state index in [-0.39, 0.29) is 17.9 Å². The van der Waals surface area contributed by atoms with E-state index in [4.69, 9.17) is 4.42 Å². The summed E-state index contributed by atoms with van der Waals surface area (Å²) in [7, 11) is 0. The molecule has 0 radical (unpaired) electrons. The molecule has 0 bridgehead atoms. The molecule has 0 spiro atoms. The smallest absolute Gasteiger partial charge is 0.221 e. The van der Waals surface area contributed by atoms with Gasteiger partial charge in [-0.15, -0.1) is 0 Å². The molecule has 6 heteroatoms. The number of hydrogen-bond donors (Lipinski definition) is 1. The van der Waals surface area contributed by atoms with E-state index in [1.54, 1.807) is 18.9 Å². The third kappa shape index (κ3) is 4.27. The first-order valence-electron chi connectivity index (χ1n) is 9.51. The Balaban J connectivity index is 1.35. The van der Waals surface area contributed by atoms with Crippen LogP contribution in [-0.2, 0) is 4.79 Å². The summed E-state index contributed by atoms with van der Waals surface area (Å²) < 4.78 is 7.53. The minimum atomic E-state index is -0.0623. The van der Waals surface area contributed by atoms with E-state index in [2.05, 4.69) is 15.4 Å². The number of hydrogen-bond acceptors (Lipinski definition) is 4. The molecule has 1 atom stereocenters. The van der Waals surface area contributed by atoms with Gasteiger partial charge in [-0.25, -0.2) is 9.67 Å². The minimum absolute atomic E-state index is 0.0623. The highest BCUT2D eigenvalue weighted by Crippen LogP contribution is 2.30. The Morgan fingerprint density at radius 1 is 1.15 bits per heavy atom. The fraction of sp³-hybridized carbons (Fsp3) is 0.381. The highest BCUT2D eigenvalue weighted by atomic mass is 16.3. The monoisotopic (exact) mass is 364 g/mol. The van der Waals surface area contributed by atoms with Gasteiger partial charge in [0.25, 0.3) is 0 Å². The molecule has 140 valence electrons. The summed E-state index contributed by atoms with van der Waals surface area (Å²) in [5.74, 6) is 0.836. The van der Waals surface area contributed by atoms with Gasteiger partial charge in [-0.3, -0.25) is 4.79 Å². The van der Waals surface area contributed by atoms with Crippen molar-refractivity contribution in [2.75, 3.05) is 0 Å². The fourth-order valence-corrected chi connectivity index (χ4v) is 3.92. The first-order chi connectivity index (χ1) is 13.3. The van der Waals surface area contributed by atoms with E-state index < -0.39 is 0 Å². The topological polar surface area (TPSA) is 73.0 Å². The average Bonchev–Trinajstić information content (AvgIpc) is 3.41. The van der Waals surface area contributed by atoms with Crippen molar-refractivity contribution >= 4 is 5.91 Å². The number of carbonyl (C=O) groups excluding carboxylic acids is 1. The number of rotatable bonds is 6. The van der Waals surface area contributed by atoms with Gasteiger partial charge < -0.3 is 9.73 Å². The third-order valence-electron chi connectivity index (χ3n) is 5.35. The second-order valence-electron chi connectivity index (χ2n) is 7.13. The molecule has 1 aromatic carbocycles. The van der Waals surface area contributed by atoms with E-state index in [9.17, 15) is 4.79 Å². The highest BCUT2D eigenvalue weighted by Gasteiger charge is 2.26. The van der Waals surface area contributed by atoms with Crippen LogP contribution in [0, 0.1) is 0 Å². The summed E-state index contributed by atoms with van der Waals surface area (Å²) in [6, 6.07) is 14.5. The van der Waals surface area contributed by atoms with Gasteiger partial charge in [0.15, 0.2) is 0 Å². The molecule has 1 aliphatic rings. The van der Waals surface area contributed by atoms with Crippen molar-refractivity contribution in [2.24, 2.45) is 0 Å². The van der Waals surface area contributed by atoms with Crippen LogP contribution in [0.25, 0.3) is 0 Å². The van der Waals surface area contributed by atoms with Crippen LogP contribution in [0.4, 0.5) is 0 Å². The van der Waals surface area contributed by atoms with Gasteiger partial charge in [0.1, 0.15) is 18.4 Å². The molecule has 1 amide bonds. The quantitative estimate of drug-likeness (QED) is 0.724. The van der Waals surface area contributed by atoms with Crippen molar-refractivity contribution < 1.29 is 9.21 Å². The standard InChI is InChI=1S/C21H24N4O2/c26-21(24-17-8-10-18(11-9-17)25-15-22-14-23-25)13-19(20-7-4-12-27-20)16-5-2-1-3-6-16/h1-7,12,14-15,17-19H,8-11,13H2,(H,24,26). The number of carbonyl (C=O) groups is 1. The molecule has 1 N–H and O–H groups in total. The lowest BCUT2D eigenvalue weighted by Crippen LogP contribution is -2.38. The Hall–Kier alpha value is -2.89. The van der Waals surface area contributed by atoms with E-state index in [0.717, 1.165) is 37.0 Å². The Morgan fingerprint density at radius 2 is 1.96 bits per heavy atom. The Bertz CT molecular complexity index is 822. The van der Waals surface area contributed by atoms with Crippen LogP contribution in [0.1, 0.15) is 55.4 Å². The molecule has 1 unspecified atom stereocenters. The number of nitrogens with one attached hydrogen (secondary N) is 1. The lowest BCUT2D eigenvalue weighted by Gasteiger charge is -2.29. The van der Waals surface area contributed by atoms with Crippen LogP contribution in [-0.4, -0.2) is 26.7 Å². The summed E-state index contributed by atoms with van der Waals surface area (Å²) in [5.41, 5.74) is 1.09. The van der Waals surface area contributed by atoms with Gasteiger partial charge in [0.2, 0.25) is 5.91 Å². The Morgan fingerprint density at radius 3 is 2.63 bits per heavy atom. The molecular formula is C21H24N4O2. The van der Waals surface area contributed by atoms with Gasteiger partial charge in [-0.2, -0.15) is 5.10 Å². The second kappa shape index (κ2) is 8.20. The second-order valence-corrected chi connectivity index (χ2v) is 7.13. The van der Waals surface area contributed by atoms with Gasteiger partial charge in [0, 0.05) is 12.5 Å². The molecule has 3 aromatic rings. The van der Waals surface area contributed by atoms with Gasteiger partial charge in [-0.05, 0) is 43.4 Å². The molecule has 0 saturated heterocycles. The van der Waals surface area contributed by atoms with Crippen molar-refractivity contribution in [2.45, 2.75) is 50.1 Å². The number of furan rings is 1. The molecule has 2 aromatic heterocycles. The summed E-state index contributed by atoms with van der Waals surface area (Å²) in [6.07, 6.45) is 9.35. The van der Waals surface area contributed by atoms with E-state index in [1.165, 1.54) is 0 Å². The molecule has 1 aliphatic carbocycles. The van der Waals surface area contributed by atoms with E-state index in [1.807, 2.05) is 47.1 Å². The van der Waals surface area contributed by atoms with Crippen LogP contribution in [0.5, 0.6) is 0 Å². The van der Waals surface area contributed by atoms with E-state index in [0.29, 0.717) is 12.5 Å². The van der Waals surface area contributed by atoms with Crippen molar-refractivity contribution in [3.63, 3.8) is 0 Å². The average molecular weight is 364 g/mol. The summed E-state index contributed by atoms with van der Waals surface area (Å²) in [6.45, 7) is 0. The summed E-state index contributed by atoms with van der Waals surface area (Å²) in [4.78, 5) is 16.7. The molecule has 4 rings (SSSR count). The summed E-state index contributed by atoms with van der Waals surface area (Å²) >= 11 is 0. The minimum Gasteiger partial charge on any atom is -0.469 e. The number of nitrogens with zero attached hydrogens (tertiary/aromatic N) is 3. The van der Waals surface area contributed by atoms with Crippen molar-refractivity contribution in [3.05, 3.63) is 72.7 Å². The molecule has 2 heterocycles. The molecule has 1 saturated carbocycles. The normalized spacial score (nSPS) is 20.9. The predicted octanol–water partition coefficient (Wildman–Crippen LogP) is 3.69. The number of benzene rings is 1. The third-order valence-corrected chi connectivity index (χ3v) is 5.35. The van der Waals surface area contributed by atoms with Crippen LogP contribution in [0.3, 0.4) is 0 Å². The molecule has 1 fully saturated rings. The lowest BCUT2D eigenvalue weighted by molar-refractivity contribution is -0.122. The van der Waals surface area contributed by atoms with E-state index >= 15 is 0 Å². The highest BCUT2D eigenvalue weighted by molar-refractivity contribution is 5.77. The SMILES string of the molecule is O=C(CC(c1ccccc1)c1ccco1)NC1CCC(n2cncn2)CC1. The first-order valence-corrected chi connectivity index (χ1v) is 9.51. The molecule has 6 nitrogen and oxygen atoms in total. The zero-order chi connectivity index (χ0) is 18.5. The van der Waals surface area contributed by atoms with Crippen molar-refractivity contribution in [3.8, 4) is 0 Å².